The maximum atomic E-state index is 8.62. The minimum atomic E-state index is 0.324. The monoisotopic (exact) mass is 201 g/mol. The van der Waals surface area contributed by atoms with Crippen LogP contribution in [0.1, 0.15) is 39.5 Å². The van der Waals surface area contributed by atoms with E-state index >= 15 is 0 Å². The first-order valence-corrected chi connectivity index (χ1v) is 5.83. The highest BCUT2D eigenvalue weighted by Gasteiger charge is 2.41. The molecule has 0 bridgehead atoms. The summed E-state index contributed by atoms with van der Waals surface area (Å²) in [7, 11) is 0. The van der Waals surface area contributed by atoms with Crippen molar-refractivity contribution in [3.8, 4) is 0 Å². The molecule has 0 aromatic heterocycles. The Morgan fingerprint density at radius 3 is 2.43 bits per heavy atom. The third-order valence-electron chi connectivity index (χ3n) is 2.87. The van der Waals surface area contributed by atoms with Gasteiger partial charge in [-0.2, -0.15) is 0 Å². The molecule has 3 heteroatoms. The summed E-state index contributed by atoms with van der Waals surface area (Å²) >= 11 is 0. The van der Waals surface area contributed by atoms with Crippen molar-refractivity contribution in [2.75, 3.05) is 19.7 Å². The summed E-state index contributed by atoms with van der Waals surface area (Å²) in [6.45, 7) is 6.83. The van der Waals surface area contributed by atoms with Gasteiger partial charge in [0.1, 0.15) is 6.23 Å². The van der Waals surface area contributed by atoms with Crippen LogP contribution in [-0.2, 0) is 4.74 Å². The molecule has 1 aliphatic rings. The Morgan fingerprint density at radius 2 is 1.86 bits per heavy atom. The van der Waals surface area contributed by atoms with Crippen molar-refractivity contribution in [3.63, 3.8) is 0 Å². The molecule has 0 saturated carbocycles. The number of hydrogen-bond acceptors (Lipinski definition) is 3. The van der Waals surface area contributed by atoms with Crippen molar-refractivity contribution in [1.82, 2.24) is 4.90 Å². The number of aliphatic hydroxyl groups excluding tert-OH is 1. The van der Waals surface area contributed by atoms with Gasteiger partial charge in [0.05, 0.1) is 6.10 Å². The topological polar surface area (TPSA) is 36.0 Å². The maximum absolute atomic E-state index is 8.62. The summed E-state index contributed by atoms with van der Waals surface area (Å²) in [4.78, 5) is 2.36. The first-order chi connectivity index (χ1) is 6.83. The van der Waals surface area contributed by atoms with Crippen LogP contribution in [0.25, 0.3) is 0 Å². The van der Waals surface area contributed by atoms with E-state index in [4.69, 9.17) is 9.84 Å². The molecule has 0 aliphatic carbocycles. The Labute approximate surface area is 87.1 Å². The number of unbranched alkanes of at least 4 members (excludes halogenated alkanes) is 2. The van der Waals surface area contributed by atoms with Gasteiger partial charge in [-0.1, -0.05) is 26.7 Å². The van der Waals surface area contributed by atoms with E-state index in [-0.39, 0.29) is 0 Å². The van der Waals surface area contributed by atoms with Gasteiger partial charge in [0.25, 0.3) is 0 Å². The van der Waals surface area contributed by atoms with E-state index in [0.717, 1.165) is 32.4 Å². The highest BCUT2D eigenvalue weighted by molar-refractivity contribution is 4.84. The van der Waals surface area contributed by atoms with Crippen LogP contribution in [0.15, 0.2) is 0 Å². The number of likely N-dealkylation sites (N-methyl/N-ethyl adjacent to an activating group) is 1. The smallest absolute Gasteiger partial charge is 0.137 e. The quantitative estimate of drug-likeness (QED) is 0.479. The summed E-state index contributed by atoms with van der Waals surface area (Å²) in [5.41, 5.74) is 0. The molecule has 0 aromatic rings. The van der Waals surface area contributed by atoms with Crippen molar-refractivity contribution < 1.29 is 9.84 Å². The van der Waals surface area contributed by atoms with Gasteiger partial charge >= 0.3 is 0 Å². The fourth-order valence-electron chi connectivity index (χ4n) is 1.88. The molecular formula is C11H23NO2. The van der Waals surface area contributed by atoms with Crippen molar-refractivity contribution in [2.24, 2.45) is 0 Å². The Morgan fingerprint density at radius 1 is 1.14 bits per heavy atom. The SMILES string of the molecule is CCN(CC)C1OC1CCCCCO. The summed E-state index contributed by atoms with van der Waals surface area (Å²) in [6, 6.07) is 0. The first kappa shape index (κ1) is 12.0. The average Bonchev–Trinajstić information content (AvgIpc) is 2.95. The van der Waals surface area contributed by atoms with Crippen LogP contribution in [0.3, 0.4) is 0 Å². The molecule has 14 heavy (non-hydrogen) atoms. The number of aliphatic hydroxyl groups is 1. The number of rotatable bonds is 8. The molecule has 0 amide bonds. The maximum Gasteiger partial charge on any atom is 0.137 e. The number of ether oxygens (including phenoxy) is 1. The minimum Gasteiger partial charge on any atom is -0.396 e. The van der Waals surface area contributed by atoms with E-state index in [2.05, 4.69) is 18.7 Å². The molecule has 1 N–H and O–H groups in total. The predicted octanol–water partition coefficient (Wildman–Crippen LogP) is 1.61. The zero-order chi connectivity index (χ0) is 10.4. The van der Waals surface area contributed by atoms with E-state index in [1.54, 1.807) is 0 Å². The zero-order valence-electron chi connectivity index (χ0n) is 9.41. The summed E-state index contributed by atoms with van der Waals surface area (Å²) in [5.74, 6) is 0. The number of epoxide rings is 1. The second-order valence-corrected chi connectivity index (χ2v) is 3.86. The largest absolute Gasteiger partial charge is 0.396 e. The van der Waals surface area contributed by atoms with Gasteiger partial charge in [0, 0.05) is 6.61 Å². The Hall–Kier alpha value is -0.120. The van der Waals surface area contributed by atoms with Crippen molar-refractivity contribution in [3.05, 3.63) is 0 Å². The molecule has 1 saturated heterocycles. The minimum absolute atomic E-state index is 0.324. The van der Waals surface area contributed by atoms with Gasteiger partial charge in [-0.15, -0.1) is 0 Å². The van der Waals surface area contributed by atoms with E-state index in [9.17, 15) is 0 Å². The Bertz CT molecular complexity index is 148. The molecule has 1 rings (SSSR count). The van der Waals surface area contributed by atoms with Crippen LogP contribution in [0.2, 0.25) is 0 Å². The summed E-state index contributed by atoms with van der Waals surface area (Å²) in [6.07, 6.45) is 5.25. The van der Waals surface area contributed by atoms with E-state index in [1.165, 1.54) is 6.42 Å². The molecule has 1 fully saturated rings. The van der Waals surface area contributed by atoms with Gasteiger partial charge in [0.2, 0.25) is 0 Å². The molecule has 0 radical (unpaired) electrons. The number of nitrogens with zero attached hydrogens (tertiary/aromatic N) is 1. The molecule has 0 spiro atoms. The van der Waals surface area contributed by atoms with Gasteiger partial charge in [-0.05, 0) is 25.9 Å². The average molecular weight is 201 g/mol. The second-order valence-electron chi connectivity index (χ2n) is 3.86. The molecule has 1 heterocycles. The highest BCUT2D eigenvalue weighted by atomic mass is 16.6. The van der Waals surface area contributed by atoms with Gasteiger partial charge in [-0.3, -0.25) is 4.90 Å². The van der Waals surface area contributed by atoms with Crippen LogP contribution >= 0.6 is 0 Å². The molecule has 2 unspecified atom stereocenters. The molecule has 0 aromatic carbocycles. The van der Waals surface area contributed by atoms with Gasteiger partial charge < -0.3 is 9.84 Å². The third-order valence-corrected chi connectivity index (χ3v) is 2.87. The van der Waals surface area contributed by atoms with E-state index in [0.29, 0.717) is 18.9 Å². The lowest BCUT2D eigenvalue weighted by Crippen LogP contribution is -2.27. The lowest BCUT2D eigenvalue weighted by molar-refractivity contribution is 0.191. The molecule has 2 atom stereocenters. The van der Waals surface area contributed by atoms with Gasteiger partial charge in [0.15, 0.2) is 0 Å². The molecule has 3 nitrogen and oxygen atoms in total. The van der Waals surface area contributed by atoms with Crippen LogP contribution in [0.4, 0.5) is 0 Å². The van der Waals surface area contributed by atoms with Crippen LogP contribution in [0, 0.1) is 0 Å². The Kier molecular flexibility index (Phi) is 5.45. The fourth-order valence-corrected chi connectivity index (χ4v) is 1.88. The standard InChI is InChI=1S/C11H23NO2/c1-3-12(4-2)11-10(14-11)8-6-5-7-9-13/h10-11,13H,3-9H2,1-2H3. The Balaban J connectivity index is 2.01. The normalized spacial score (nSPS) is 25.7. The second kappa shape index (κ2) is 6.38. The summed E-state index contributed by atoms with van der Waals surface area (Å²) in [5, 5.41) is 8.62. The highest BCUT2D eigenvalue weighted by Crippen LogP contribution is 2.30. The van der Waals surface area contributed by atoms with Crippen molar-refractivity contribution in [1.29, 1.82) is 0 Å². The lowest BCUT2D eigenvalue weighted by Gasteiger charge is -2.14. The third kappa shape index (κ3) is 3.56. The van der Waals surface area contributed by atoms with Crippen LogP contribution < -0.4 is 0 Å². The predicted molar refractivity (Wildman–Crippen MR) is 57.1 cm³/mol. The van der Waals surface area contributed by atoms with Crippen LogP contribution in [-0.4, -0.2) is 42.0 Å². The molecular weight excluding hydrogens is 178 g/mol. The molecule has 1 aliphatic heterocycles. The fraction of sp³-hybridized carbons (Fsp3) is 1.00. The summed E-state index contributed by atoms with van der Waals surface area (Å²) < 4.78 is 5.60. The van der Waals surface area contributed by atoms with Crippen LogP contribution in [0.5, 0.6) is 0 Å². The van der Waals surface area contributed by atoms with Crippen molar-refractivity contribution in [2.45, 2.75) is 51.9 Å². The van der Waals surface area contributed by atoms with E-state index < -0.39 is 0 Å². The van der Waals surface area contributed by atoms with Crippen molar-refractivity contribution >= 4 is 0 Å². The number of hydrogen-bond donors (Lipinski definition) is 1. The lowest BCUT2D eigenvalue weighted by atomic mass is 10.1. The zero-order valence-corrected chi connectivity index (χ0v) is 9.41. The molecule has 84 valence electrons. The first-order valence-electron chi connectivity index (χ1n) is 5.83. The van der Waals surface area contributed by atoms with Gasteiger partial charge in [-0.25, -0.2) is 0 Å². The van der Waals surface area contributed by atoms with E-state index in [1.807, 2.05) is 0 Å².